The van der Waals surface area contributed by atoms with Gasteiger partial charge in [-0.3, -0.25) is 0 Å². The molecule has 11 heavy (non-hydrogen) atoms. The Balaban J connectivity index is 2.16. The van der Waals surface area contributed by atoms with Crippen LogP contribution < -0.4 is 0 Å². The van der Waals surface area contributed by atoms with Crippen molar-refractivity contribution in [2.24, 2.45) is 5.92 Å². The maximum atomic E-state index is 9.07. The van der Waals surface area contributed by atoms with Crippen molar-refractivity contribution in [1.82, 2.24) is 4.90 Å². The summed E-state index contributed by atoms with van der Waals surface area (Å²) in [6.07, 6.45) is 1.93. The van der Waals surface area contributed by atoms with E-state index in [1.54, 1.807) is 0 Å². The first-order valence-electron chi connectivity index (χ1n) is 4.48. The lowest BCUT2D eigenvalue weighted by molar-refractivity contribution is 0.00849. The quantitative estimate of drug-likeness (QED) is 0.663. The number of rotatable bonds is 3. The Labute approximate surface area is 69.2 Å². The van der Waals surface area contributed by atoms with E-state index in [0.29, 0.717) is 6.04 Å². The molecule has 66 valence electrons. The van der Waals surface area contributed by atoms with Crippen LogP contribution in [0.4, 0.5) is 0 Å². The highest BCUT2D eigenvalue weighted by Gasteiger charge is 2.30. The largest absolute Gasteiger partial charge is 0.393 e. The summed E-state index contributed by atoms with van der Waals surface area (Å²) >= 11 is 0. The summed E-state index contributed by atoms with van der Waals surface area (Å²) in [6, 6.07) is 0.646. The summed E-state index contributed by atoms with van der Waals surface area (Å²) in [7, 11) is 2.15. The lowest BCUT2D eigenvalue weighted by atomic mass is 9.88. The zero-order chi connectivity index (χ0) is 8.43. The second-order valence-electron chi connectivity index (χ2n) is 4.11. The van der Waals surface area contributed by atoms with Crippen LogP contribution in [-0.4, -0.2) is 35.7 Å². The van der Waals surface area contributed by atoms with E-state index in [4.69, 9.17) is 5.11 Å². The molecule has 1 aliphatic rings. The van der Waals surface area contributed by atoms with Crippen LogP contribution in [0.3, 0.4) is 0 Å². The maximum Gasteiger partial charge on any atom is 0.0570 e. The smallest absolute Gasteiger partial charge is 0.0570 e. The van der Waals surface area contributed by atoms with Crippen molar-refractivity contribution in [3.63, 3.8) is 0 Å². The summed E-state index contributed by atoms with van der Waals surface area (Å²) in [6.45, 7) is 5.61. The van der Waals surface area contributed by atoms with Gasteiger partial charge in [-0.15, -0.1) is 0 Å². The topological polar surface area (TPSA) is 23.5 Å². The molecule has 2 nitrogen and oxygen atoms in total. The minimum Gasteiger partial charge on any atom is -0.393 e. The molecule has 0 spiro atoms. The number of hydrogen-bond acceptors (Lipinski definition) is 2. The van der Waals surface area contributed by atoms with Crippen LogP contribution in [-0.2, 0) is 0 Å². The lowest BCUT2D eigenvalue weighted by Crippen LogP contribution is -2.46. The van der Waals surface area contributed by atoms with Crippen LogP contribution in [0.2, 0.25) is 0 Å². The van der Waals surface area contributed by atoms with Crippen LogP contribution in [0.25, 0.3) is 0 Å². The van der Waals surface area contributed by atoms with Gasteiger partial charge in [-0.2, -0.15) is 0 Å². The van der Waals surface area contributed by atoms with E-state index >= 15 is 0 Å². The molecule has 0 aliphatic heterocycles. The third kappa shape index (κ3) is 2.46. The maximum absolute atomic E-state index is 9.07. The van der Waals surface area contributed by atoms with Gasteiger partial charge in [-0.05, 0) is 25.8 Å². The summed E-state index contributed by atoms with van der Waals surface area (Å²) in [4.78, 5) is 2.36. The van der Waals surface area contributed by atoms with E-state index in [9.17, 15) is 0 Å². The van der Waals surface area contributed by atoms with Gasteiger partial charge in [-0.25, -0.2) is 0 Å². The van der Waals surface area contributed by atoms with E-state index in [0.717, 1.165) is 25.3 Å². The first-order chi connectivity index (χ1) is 5.09. The normalized spacial score (nSPS) is 31.1. The fourth-order valence-electron chi connectivity index (χ4n) is 1.64. The Bertz CT molecular complexity index is 119. The molecule has 1 N–H and O–H groups in total. The van der Waals surface area contributed by atoms with Gasteiger partial charge in [0.2, 0.25) is 0 Å². The Morgan fingerprint density at radius 1 is 1.45 bits per heavy atom. The van der Waals surface area contributed by atoms with Gasteiger partial charge in [0, 0.05) is 12.6 Å². The molecule has 1 fully saturated rings. The zero-order valence-electron chi connectivity index (χ0n) is 7.75. The Kier molecular flexibility index (Phi) is 2.90. The van der Waals surface area contributed by atoms with Gasteiger partial charge in [0.05, 0.1) is 6.10 Å². The molecule has 0 bridgehead atoms. The highest BCUT2D eigenvalue weighted by Crippen LogP contribution is 2.24. The Morgan fingerprint density at radius 3 is 2.36 bits per heavy atom. The first-order valence-corrected chi connectivity index (χ1v) is 4.48. The minimum atomic E-state index is -0.0189. The average Bonchev–Trinajstić information content (AvgIpc) is 1.79. The molecule has 2 heteroatoms. The number of aliphatic hydroxyl groups excluding tert-OH is 1. The second kappa shape index (κ2) is 3.55. The fraction of sp³-hybridized carbons (Fsp3) is 1.00. The summed E-state index contributed by atoms with van der Waals surface area (Å²) < 4.78 is 0. The molecule has 1 aliphatic carbocycles. The third-order valence-electron chi connectivity index (χ3n) is 2.36. The molecule has 0 amide bonds. The van der Waals surface area contributed by atoms with Crippen molar-refractivity contribution in [3.8, 4) is 0 Å². The molecule has 0 atom stereocenters. The van der Waals surface area contributed by atoms with Gasteiger partial charge in [0.15, 0.2) is 0 Å². The van der Waals surface area contributed by atoms with Crippen molar-refractivity contribution >= 4 is 0 Å². The van der Waals surface area contributed by atoms with Crippen molar-refractivity contribution < 1.29 is 5.11 Å². The average molecular weight is 157 g/mol. The van der Waals surface area contributed by atoms with Gasteiger partial charge < -0.3 is 10.0 Å². The van der Waals surface area contributed by atoms with Crippen LogP contribution in [0, 0.1) is 5.92 Å². The fourth-order valence-corrected chi connectivity index (χ4v) is 1.64. The molecule has 0 heterocycles. The molecule has 0 aromatic rings. The van der Waals surface area contributed by atoms with Gasteiger partial charge in [0.1, 0.15) is 0 Å². The van der Waals surface area contributed by atoms with Crippen molar-refractivity contribution in [2.45, 2.75) is 38.8 Å². The van der Waals surface area contributed by atoms with Crippen molar-refractivity contribution in [1.29, 1.82) is 0 Å². The summed E-state index contributed by atoms with van der Waals surface area (Å²) in [5.41, 5.74) is 0. The predicted octanol–water partition coefficient (Wildman–Crippen LogP) is 1.10. The lowest BCUT2D eigenvalue weighted by Gasteiger charge is -2.39. The molecule has 0 radical (unpaired) electrons. The zero-order valence-corrected chi connectivity index (χ0v) is 7.75. The highest BCUT2D eigenvalue weighted by atomic mass is 16.3. The molecule has 0 saturated heterocycles. The van der Waals surface area contributed by atoms with Crippen LogP contribution in [0.1, 0.15) is 26.7 Å². The summed E-state index contributed by atoms with van der Waals surface area (Å²) in [5, 5.41) is 9.07. The van der Waals surface area contributed by atoms with Crippen LogP contribution >= 0.6 is 0 Å². The van der Waals surface area contributed by atoms with E-state index in [-0.39, 0.29) is 6.10 Å². The third-order valence-corrected chi connectivity index (χ3v) is 2.36. The highest BCUT2D eigenvalue weighted by molar-refractivity contribution is 4.85. The molecular weight excluding hydrogens is 138 g/mol. The Morgan fingerprint density at radius 2 is 2.00 bits per heavy atom. The van der Waals surface area contributed by atoms with E-state index in [1.165, 1.54) is 0 Å². The van der Waals surface area contributed by atoms with Crippen molar-refractivity contribution in [2.75, 3.05) is 13.6 Å². The standard InChI is InChI=1S/C9H19NO/c1-7(2)6-10(3)8-4-9(11)5-8/h7-9,11H,4-6H2,1-3H3/t8-,9+. The molecule has 1 saturated carbocycles. The van der Waals surface area contributed by atoms with Crippen LogP contribution in [0.15, 0.2) is 0 Å². The second-order valence-corrected chi connectivity index (χ2v) is 4.11. The van der Waals surface area contributed by atoms with E-state index in [2.05, 4.69) is 25.8 Å². The van der Waals surface area contributed by atoms with Gasteiger partial charge in [0.25, 0.3) is 0 Å². The SMILES string of the molecule is CC(C)CN(C)[C@H]1C[C@@H](O)C1. The number of hydrogen-bond donors (Lipinski definition) is 1. The number of nitrogens with zero attached hydrogens (tertiary/aromatic N) is 1. The molecule has 0 unspecified atom stereocenters. The van der Waals surface area contributed by atoms with Crippen LogP contribution in [0.5, 0.6) is 0 Å². The Hall–Kier alpha value is -0.0800. The molecular formula is C9H19NO. The molecule has 1 rings (SSSR count). The summed E-state index contributed by atoms with van der Waals surface area (Å²) in [5.74, 6) is 0.734. The number of aliphatic hydroxyl groups is 1. The first kappa shape index (κ1) is 9.01. The van der Waals surface area contributed by atoms with Gasteiger partial charge in [-0.1, -0.05) is 13.8 Å². The minimum absolute atomic E-state index is 0.0189. The van der Waals surface area contributed by atoms with Gasteiger partial charge >= 0.3 is 0 Å². The molecule has 0 aromatic carbocycles. The van der Waals surface area contributed by atoms with E-state index < -0.39 is 0 Å². The van der Waals surface area contributed by atoms with E-state index in [1.807, 2.05) is 0 Å². The monoisotopic (exact) mass is 157 g/mol. The van der Waals surface area contributed by atoms with Crippen molar-refractivity contribution in [3.05, 3.63) is 0 Å². The predicted molar refractivity (Wildman–Crippen MR) is 46.5 cm³/mol. The molecule has 0 aromatic heterocycles.